The summed E-state index contributed by atoms with van der Waals surface area (Å²) in [5.74, 6) is 0.330. The Morgan fingerprint density at radius 3 is 2.42 bits per heavy atom. The summed E-state index contributed by atoms with van der Waals surface area (Å²) in [7, 11) is 0. The van der Waals surface area contributed by atoms with Crippen LogP contribution < -0.4 is 0 Å². The van der Waals surface area contributed by atoms with Gasteiger partial charge in [-0.2, -0.15) is 27.5 Å². The highest BCUT2D eigenvalue weighted by molar-refractivity contribution is 7.99. The van der Waals surface area contributed by atoms with E-state index in [1.165, 1.54) is 0 Å². The third kappa shape index (κ3) is 2.23. The van der Waals surface area contributed by atoms with Crippen molar-refractivity contribution in [2.75, 3.05) is 11.5 Å². The molecule has 0 saturated heterocycles. The Kier molecular flexibility index (Phi) is 4.18. The summed E-state index contributed by atoms with van der Waals surface area (Å²) >= 11 is 1.74. The number of hydrogen-bond donors (Lipinski definition) is 1. The van der Waals surface area contributed by atoms with Crippen LogP contribution in [-0.2, 0) is 0 Å². The second-order valence-corrected chi connectivity index (χ2v) is 7.32. The van der Waals surface area contributed by atoms with Crippen LogP contribution in [0.25, 0.3) is 0 Å². The van der Waals surface area contributed by atoms with E-state index < -0.39 is 17.3 Å². The topological polar surface area (TPSA) is 95.2 Å². The fourth-order valence-electron chi connectivity index (χ4n) is 3.76. The molecule has 1 aliphatic carbocycles. The van der Waals surface area contributed by atoms with Crippen LogP contribution in [0.5, 0.6) is 0 Å². The largest absolute Gasteiger partial charge is 0.305 e. The summed E-state index contributed by atoms with van der Waals surface area (Å²) in [6.07, 6.45) is 2.01. The SMILES string of the molecule is Cc1ccc(C2C3CSCC=C3C(C#N)C(=N)C2(C#N)C#N)cc1. The van der Waals surface area contributed by atoms with Crippen molar-refractivity contribution in [2.24, 2.45) is 17.3 Å². The lowest BCUT2D eigenvalue weighted by Crippen LogP contribution is -2.49. The molecule has 4 nitrogen and oxygen atoms in total. The van der Waals surface area contributed by atoms with Crippen LogP contribution in [-0.4, -0.2) is 17.2 Å². The molecule has 5 heteroatoms. The molecule has 2 aliphatic rings. The van der Waals surface area contributed by atoms with Gasteiger partial charge in [0.1, 0.15) is 5.92 Å². The highest BCUT2D eigenvalue weighted by atomic mass is 32.2. The summed E-state index contributed by atoms with van der Waals surface area (Å²) in [5.41, 5.74) is 1.24. The molecule has 1 saturated carbocycles. The van der Waals surface area contributed by atoms with Crippen LogP contribution in [0.1, 0.15) is 17.0 Å². The van der Waals surface area contributed by atoms with Gasteiger partial charge in [0.15, 0.2) is 5.41 Å². The van der Waals surface area contributed by atoms with Gasteiger partial charge < -0.3 is 5.41 Å². The number of hydrogen-bond acceptors (Lipinski definition) is 5. The molecule has 118 valence electrons. The summed E-state index contributed by atoms with van der Waals surface area (Å²) in [4.78, 5) is 0. The van der Waals surface area contributed by atoms with Gasteiger partial charge in [-0.25, -0.2) is 0 Å². The lowest BCUT2D eigenvalue weighted by Gasteiger charge is -2.45. The second-order valence-electron chi connectivity index (χ2n) is 6.24. The van der Waals surface area contributed by atoms with E-state index in [2.05, 4.69) is 18.2 Å². The van der Waals surface area contributed by atoms with Crippen molar-refractivity contribution < 1.29 is 0 Å². The number of rotatable bonds is 1. The van der Waals surface area contributed by atoms with Crippen LogP contribution in [0.15, 0.2) is 35.9 Å². The number of allylic oxidation sites excluding steroid dienone is 1. The zero-order valence-electron chi connectivity index (χ0n) is 13.3. The van der Waals surface area contributed by atoms with Crippen molar-refractivity contribution in [1.82, 2.24) is 0 Å². The first-order valence-corrected chi connectivity index (χ1v) is 8.89. The minimum Gasteiger partial charge on any atom is -0.305 e. The molecule has 0 amide bonds. The number of fused-ring (bicyclic) bond motifs is 1. The van der Waals surface area contributed by atoms with Crippen molar-refractivity contribution in [3.63, 3.8) is 0 Å². The molecular formula is C19H16N4S. The Morgan fingerprint density at radius 1 is 1.17 bits per heavy atom. The van der Waals surface area contributed by atoms with Crippen LogP contribution in [0.3, 0.4) is 0 Å². The highest BCUT2D eigenvalue weighted by Gasteiger charge is 2.57. The molecule has 3 atom stereocenters. The van der Waals surface area contributed by atoms with Gasteiger partial charge >= 0.3 is 0 Å². The number of nitrogens with one attached hydrogen (secondary N) is 1. The molecule has 0 radical (unpaired) electrons. The predicted octanol–water partition coefficient (Wildman–Crippen LogP) is 3.57. The molecule has 1 N–H and O–H groups in total. The molecule has 24 heavy (non-hydrogen) atoms. The molecule has 0 aromatic heterocycles. The first-order chi connectivity index (χ1) is 11.6. The number of benzene rings is 1. The molecule has 0 spiro atoms. The molecule has 1 aliphatic heterocycles. The number of thioether (sulfide) groups is 1. The molecule has 1 aromatic carbocycles. The Bertz CT molecular complexity index is 818. The molecule has 0 bridgehead atoms. The minimum absolute atomic E-state index is 0.0653. The first kappa shape index (κ1) is 16.3. The van der Waals surface area contributed by atoms with Gasteiger partial charge in [0.05, 0.1) is 23.9 Å². The summed E-state index contributed by atoms with van der Waals surface area (Å²) in [6, 6.07) is 14.2. The van der Waals surface area contributed by atoms with Crippen molar-refractivity contribution in [2.45, 2.75) is 12.8 Å². The van der Waals surface area contributed by atoms with E-state index in [0.717, 1.165) is 28.2 Å². The van der Waals surface area contributed by atoms with Crippen molar-refractivity contribution >= 4 is 17.5 Å². The zero-order valence-corrected chi connectivity index (χ0v) is 14.1. The maximum absolute atomic E-state index is 9.85. The Morgan fingerprint density at radius 2 is 1.83 bits per heavy atom. The average molecular weight is 332 g/mol. The van der Waals surface area contributed by atoms with Crippen LogP contribution in [0.2, 0.25) is 0 Å². The zero-order chi connectivity index (χ0) is 17.3. The third-order valence-electron chi connectivity index (χ3n) is 5.00. The van der Waals surface area contributed by atoms with Crippen molar-refractivity contribution in [1.29, 1.82) is 21.2 Å². The van der Waals surface area contributed by atoms with E-state index >= 15 is 0 Å². The van der Waals surface area contributed by atoms with Crippen molar-refractivity contribution in [3.8, 4) is 18.2 Å². The average Bonchev–Trinajstić information content (AvgIpc) is 2.62. The van der Waals surface area contributed by atoms with Gasteiger partial charge in [-0.1, -0.05) is 35.9 Å². The van der Waals surface area contributed by atoms with E-state index in [4.69, 9.17) is 5.41 Å². The summed E-state index contributed by atoms with van der Waals surface area (Å²) in [6.45, 7) is 1.99. The van der Waals surface area contributed by atoms with Gasteiger partial charge in [0, 0.05) is 23.3 Å². The Labute approximate surface area is 145 Å². The van der Waals surface area contributed by atoms with E-state index in [0.29, 0.717) is 0 Å². The maximum atomic E-state index is 9.85. The quantitative estimate of drug-likeness (QED) is 0.795. The van der Waals surface area contributed by atoms with E-state index in [1.807, 2.05) is 37.3 Å². The predicted molar refractivity (Wildman–Crippen MR) is 93.3 cm³/mol. The van der Waals surface area contributed by atoms with Crippen LogP contribution in [0, 0.1) is 63.6 Å². The van der Waals surface area contributed by atoms with Gasteiger partial charge in [0.2, 0.25) is 0 Å². The van der Waals surface area contributed by atoms with E-state index in [9.17, 15) is 15.8 Å². The normalized spacial score (nSPS) is 27.8. The second kappa shape index (κ2) is 6.16. The van der Waals surface area contributed by atoms with E-state index in [1.54, 1.807) is 11.8 Å². The molecule has 1 fully saturated rings. The fourth-order valence-corrected chi connectivity index (χ4v) is 4.85. The Hall–Kier alpha value is -2.55. The number of aryl methyl sites for hydroxylation is 1. The van der Waals surface area contributed by atoms with Gasteiger partial charge in [0.25, 0.3) is 0 Å². The standard InChI is InChI=1S/C19H16N4S/c1-12-2-4-13(5-3-12)17-16-9-24-7-6-14(16)15(8-20)18(23)19(17,10-21)11-22/h2-6,15-17,23H,7,9H2,1H3. The fraction of sp³-hybridized carbons (Fsp3) is 0.368. The number of nitriles is 3. The Balaban J connectivity index is 2.24. The molecule has 3 rings (SSSR count). The smallest absolute Gasteiger partial charge is 0.189 e. The van der Waals surface area contributed by atoms with Crippen LogP contribution in [0.4, 0.5) is 0 Å². The summed E-state index contributed by atoms with van der Waals surface area (Å²) in [5, 5.41) is 37.7. The van der Waals surface area contributed by atoms with Gasteiger partial charge in [-0.3, -0.25) is 0 Å². The molecular weight excluding hydrogens is 316 g/mol. The van der Waals surface area contributed by atoms with Gasteiger partial charge in [-0.05, 0) is 18.1 Å². The van der Waals surface area contributed by atoms with E-state index in [-0.39, 0.29) is 11.6 Å². The maximum Gasteiger partial charge on any atom is 0.189 e. The molecule has 1 heterocycles. The third-order valence-corrected chi connectivity index (χ3v) is 5.99. The minimum atomic E-state index is -1.59. The first-order valence-electron chi connectivity index (χ1n) is 7.74. The van der Waals surface area contributed by atoms with Crippen molar-refractivity contribution in [3.05, 3.63) is 47.0 Å². The van der Waals surface area contributed by atoms with Crippen LogP contribution >= 0.6 is 11.8 Å². The summed E-state index contributed by atoms with van der Waals surface area (Å²) < 4.78 is 0. The van der Waals surface area contributed by atoms with Gasteiger partial charge in [-0.15, -0.1) is 0 Å². The lowest BCUT2D eigenvalue weighted by atomic mass is 9.55. The lowest BCUT2D eigenvalue weighted by molar-refractivity contribution is 0.378. The molecule has 3 unspecified atom stereocenters. The number of nitrogens with zero attached hydrogens (tertiary/aromatic N) is 3. The monoisotopic (exact) mass is 332 g/mol. The highest BCUT2D eigenvalue weighted by Crippen LogP contribution is 2.54. The molecule has 1 aromatic rings.